The number of hydrogen-bond donors (Lipinski definition) is 2. The van der Waals surface area contributed by atoms with E-state index in [1.807, 2.05) is 0 Å². The van der Waals surface area contributed by atoms with Gasteiger partial charge in [-0.2, -0.15) is 0 Å². The zero-order valence-electron chi connectivity index (χ0n) is 14.2. The average molecular weight is 291 g/mol. The second-order valence-corrected chi connectivity index (χ2v) is 6.37. The van der Waals surface area contributed by atoms with E-state index < -0.39 is 6.10 Å². The lowest BCUT2D eigenvalue weighted by atomic mass is 9.99. The molecule has 0 saturated carbocycles. The van der Waals surface area contributed by atoms with Gasteiger partial charge in [-0.25, -0.2) is 0 Å². The van der Waals surface area contributed by atoms with Crippen LogP contribution < -0.4 is 5.32 Å². The van der Waals surface area contributed by atoms with Crippen molar-refractivity contribution in [1.82, 2.24) is 5.32 Å². The fourth-order valence-electron chi connectivity index (χ4n) is 2.65. The van der Waals surface area contributed by atoms with Gasteiger partial charge in [-0.3, -0.25) is 0 Å². The number of aliphatic hydroxyl groups is 1. The summed E-state index contributed by atoms with van der Waals surface area (Å²) in [6.45, 7) is 9.48. The predicted molar refractivity (Wildman–Crippen MR) is 91.7 cm³/mol. The van der Waals surface area contributed by atoms with Crippen molar-refractivity contribution in [3.05, 3.63) is 35.4 Å². The standard InChI is InChI=1S/C19H33NO/c1-5-7-9-18(8-6-2)20-14-19(21)17-12-10-16(11-13-17)15(3)4/h10-13,15,18-21H,5-9,14H2,1-4H3. The summed E-state index contributed by atoms with van der Waals surface area (Å²) < 4.78 is 0. The van der Waals surface area contributed by atoms with Gasteiger partial charge in [-0.05, 0) is 29.9 Å². The monoisotopic (exact) mass is 291 g/mol. The Hall–Kier alpha value is -0.860. The minimum Gasteiger partial charge on any atom is -0.387 e. The molecule has 1 aromatic rings. The minimum atomic E-state index is -0.410. The van der Waals surface area contributed by atoms with Gasteiger partial charge < -0.3 is 10.4 Å². The van der Waals surface area contributed by atoms with Gasteiger partial charge in [0.25, 0.3) is 0 Å². The van der Waals surface area contributed by atoms with Crippen LogP contribution in [0.15, 0.2) is 24.3 Å². The second-order valence-electron chi connectivity index (χ2n) is 6.37. The lowest BCUT2D eigenvalue weighted by Crippen LogP contribution is -2.32. The smallest absolute Gasteiger partial charge is 0.0914 e. The third-order valence-corrected chi connectivity index (χ3v) is 4.13. The Morgan fingerprint density at radius 3 is 2.10 bits per heavy atom. The molecule has 1 rings (SSSR count). The Labute approximate surface area is 131 Å². The number of nitrogens with one attached hydrogen (secondary N) is 1. The second kappa shape index (κ2) is 9.97. The number of aliphatic hydroxyl groups excluding tert-OH is 1. The Balaban J connectivity index is 2.48. The van der Waals surface area contributed by atoms with E-state index in [1.165, 1.54) is 37.7 Å². The fraction of sp³-hybridized carbons (Fsp3) is 0.684. The van der Waals surface area contributed by atoms with Gasteiger partial charge in [-0.1, -0.05) is 71.2 Å². The van der Waals surface area contributed by atoms with Crippen LogP contribution in [-0.2, 0) is 0 Å². The molecule has 0 aromatic heterocycles. The normalized spacial score (nSPS) is 14.4. The zero-order chi connectivity index (χ0) is 15.7. The van der Waals surface area contributed by atoms with Crippen LogP contribution in [0.2, 0.25) is 0 Å². The molecule has 21 heavy (non-hydrogen) atoms. The van der Waals surface area contributed by atoms with Crippen molar-refractivity contribution >= 4 is 0 Å². The summed E-state index contributed by atoms with van der Waals surface area (Å²) in [4.78, 5) is 0. The summed E-state index contributed by atoms with van der Waals surface area (Å²) in [6, 6.07) is 8.92. The van der Waals surface area contributed by atoms with Gasteiger partial charge in [0.2, 0.25) is 0 Å². The van der Waals surface area contributed by atoms with Crippen molar-refractivity contribution in [3.63, 3.8) is 0 Å². The molecule has 0 aliphatic carbocycles. The van der Waals surface area contributed by atoms with E-state index in [-0.39, 0.29) is 0 Å². The van der Waals surface area contributed by atoms with Gasteiger partial charge in [0, 0.05) is 12.6 Å². The number of rotatable bonds is 10. The molecule has 2 nitrogen and oxygen atoms in total. The first-order valence-electron chi connectivity index (χ1n) is 8.59. The Morgan fingerprint density at radius 1 is 0.952 bits per heavy atom. The molecule has 120 valence electrons. The molecule has 2 N–H and O–H groups in total. The molecule has 2 unspecified atom stereocenters. The van der Waals surface area contributed by atoms with Crippen molar-refractivity contribution in [2.45, 2.75) is 77.9 Å². The molecular formula is C19H33NO. The molecule has 0 radical (unpaired) electrons. The van der Waals surface area contributed by atoms with Crippen LogP contribution in [0.4, 0.5) is 0 Å². The third-order valence-electron chi connectivity index (χ3n) is 4.13. The van der Waals surface area contributed by atoms with Gasteiger partial charge in [0.05, 0.1) is 6.10 Å². The third kappa shape index (κ3) is 6.62. The van der Waals surface area contributed by atoms with Gasteiger partial charge >= 0.3 is 0 Å². The van der Waals surface area contributed by atoms with Crippen LogP contribution in [0.3, 0.4) is 0 Å². The highest BCUT2D eigenvalue weighted by atomic mass is 16.3. The minimum absolute atomic E-state index is 0.410. The molecule has 1 aromatic carbocycles. The topological polar surface area (TPSA) is 32.3 Å². The highest BCUT2D eigenvalue weighted by Gasteiger charge is 2.12. The first-order chi connectivity index (χ1) is 10.1. The van der Waals surface area contributed by atoms with Crippen LogP contribution in [0.5, 0.6) is 0 Å². The molecule has 2 heteroatoms. The SMILES string of the molecule is CCCCC(CCC)NCC(O)c1ccc(C(C)C)cc1. The summed E-state index contributed by atoms with van der Waals surface area (Å²) in [5.74, 6) is 0.539. The molecule has 0 aliphatic heterocycles. The van der Waals surface area contributed by atoms with Crippen LogP contribution in [-0.4, -0.2) is 17.7 Å². The van der Waals surface area contributed by atoms with E-state index in [9.17, 15) is 5.11 Å². The van der Waals surface area contributed by atoms with E-state index in [0.717, 1.165) is 5.56 Å². The van der Waals surface area contributed by atoms with E-state index in [1.54, 1.807) is 0 Å². The van der Waals surface area contributed by atoms with Crippen LogP contribution in [0.1, 0.15) is 82.9 Å². The zero-order valence-corrected chi connectivity index (χ0v) is 14.2. The van der Waals surface area contributed by atoms with E-state index >= 15 is 0 Å². The largest absolute Gasteiger partial charge is 0.387 e. The summed E-state index contributed by atoms with van der Waals surface area (Å²) >= 11 is 0. The Morgan fingerprint density at radius 2 is 1.57 bits per heavy atom. The van der Waals surface area contributed by atoms with Crippen LogP contribution in [0, 0.1) is 0 Å². The number of benzene rings is 1. The van der Waals surface area contributed by atoms with Gasteiger partial charge in [0.1, 0.15) is 0 Å². The maximum atomic E-state index is 10.3. The van der Waals surface area contributed by atoms with Crippen molar-refractivity contribution in [3.8, 4) is 0 Å². The number of hydrogen-bond acceptors (Lipinski definition) is 2. The lowest BCUT2D eigenvalue weighted by molar-refractivity contribution is 0.167. The van der Waals surface area contributed by atoms with E-state index in [0.29, 0.717) is 18.5 Å². The highest BCUT2D eigenvalue weighted by molar-refractivity contribution is 5.26. The van der Waals surface area contributed by atoms with Gasteiger partial charge in [-0.15, -0.1) is 0 Å². The Kier molecular flexibility index (Phi) is 8.63. The first kappa shape index (κ1) is 18.2. The highest BCUT2D eigenvalue weighted by Crippen LogP contribution is 2.19. The summed E-state index contributed by atoms with van der Waals surface area (Å²) in [5, 5.41) is 13.9. The van der Waals surface area contributed by atoms with Crippen LogP contribution in [0.25, 0.3) is 0 Å². The molecule has 0 bridgehead atoms. The fourth-order valence-corrected chi connectivity index (χ4v) is 2.65. The molecule has 0 aliphatic rings. The summed E-state index contributed by atoms with van der Waals surface area (Å²) in [7, 11) is 0. The average Bonchev–Trinajstić information content (AvgIpc) is 2.49. The molecule has 0 fully saturated rings. The van der Waals surface area contributed by atoms with E-state index in [4.69, 9.17) is 0 Å². The summed E-state index contributed by atoms with van der Waals surface area (Å²) in [5.41, 5.74) is 2.34. The quantitative estimate of drug-likeness (QED) is 0.649. The maximum Gasteiger partial charge on any atom is 0.0914 e. The first-order valence-corrected chi connectivity index (χ1v) is 8.59. The lowest BCUT2D eigenvalue weighted by Gasteiger charge is -2.20. The molecule has 2 atom stereocenters. The molecule has 0 heterocycles. The predicted octanol–water partition coefficient (Wildman–Crippen LogP) is 4.79. The maximum absolute atomic E-state index is 10.3. The van der Waals surface area contributed by atoms with Crippen molar-refractivity contribution in [1.29, 1.82) is 0 Å². The van der Waals surface area contributed by atoms with Gasteiger partial charge in [0.15, 0.2) is 0 Å². The molecule has 0 amide bonds. The van der Waals surface area contributed by atoms with Crippen molar-refractivity contribution in [2.75, 3.05) is 6.54 Å². The van der Waals surface area contributed by atoms with Crippen molar-refractivity contribution < 1.29 is 5.11 Å². The Bertz CT molecular complexity index is 372. The van der Waals surface area contributed by atoms with E-state index in [2.05, 4.69) is 57.3 Å². The molecular weight excluding hydrogens is 258 g/mol. The summed E-state index contributed by atoms with van der Waals surface area (Å²) in [6.07, 6.45) is 5.69. The molecule has 0 saturated heterocycles. The van der Waals surface area contributed by atoms with Crippen molar-refractivity contribution in [2.24, 2.45) is 0 Å². The van der Waals surface area contributed by atoms with Crippen LogP contribution >= 0.6 is 0 Å². The number of unbranched alkanes of at least 4 members (excludes halogenated alkanes) is 1. The molecule has 0 spiro atoms.